The van der Waals surface area contributed by atoms with Gasteiger partial charge in [-0.2, -0.15) is 0 Å². The van der Waals surface area contributed by atoms with Crippen LogP contribution in [-0.2, 0) is 0 Å². The first-order chi connectivity index (χ1) is 13.6. The van der Waals surface area contributed by atoms with Crippen LogP contribution in [0.25, 0.3) is 22.1 Å². The van der Waals surface area contributed by atoms with E-state index in [0.717, 1.165) is 16.9 Å². The molecular formula is C19H13N5O2S2. The summed E-state index contributed by atoms with van der Waals surface area (Å²) in [5.74, 6) is -0.0399. The quantitative estimate of drug-likeness (QED) is 0.499. The molecule has 1 aromatic carbocycles. The number of hydrogen-bond acceptors (Lipinski definition) is 8. The Morgan fingerprint density at radius 2 is 1.75 bits per heavy atom. The van der Waals surface area contributed by atoms with Crippen molar-refractivity contribution in [2.75, 3.05) is 5.32 Å². The fraction of sp³-hybridized carbons (Fsp3) is 0.0526. The number of nitrogens with zero attached hydrogens (tertiary/aromatic N) is 4. The van der Waals surface area contributed by atoms with Crippen molar-refractivity contribution in [3.63, 3.8) is 0 Å². The summed E-state index contributed by atoms with van der Waals surface area (Å²) in [5.41, 5.74) is 1.62. The highest BCUT2D eigenvalue weighted by Gasteiger charge is 2.19. The second-order valence-corrected chi connectivity index (χ2v) is 7.54. The Kier molecular flexibility index (Phi) is 5.00. The maximum absolute atomic E-state index is 12.6. The fourth-order valence-electron chi connectivity index (χ4n) is 2.46. The van der Waals surface area contributed by atoms with Gasteiger partial charge in [-0.1, -0.05) is 41.7 Å². The summed E-state index contributed by atoms with van der Waals surface area (Å²) in [7, 11) is 0. The van der Waals surface area contributed by atoms with Crippen LogP contribution in [0.1, 0.15) is 27.1 Å². The summed E-state index contributed by atoms with van der Waals surface area (Å²) in [6, 6.07) is 11.1. The van der Waals surface area contributed by atoms with Gasteiger partial charge in [0, 0.05) is 30.3 Å². The van der Waals surface area contributed by atoms with Crippen LogP contribution < -0.4 is 5.32 Å². The van der Waals surface area contributed by atoms with Gasteiger partial charge in [0.15, 0.2) is 21.7 Å². The molecule has 3 aromatic heterocycles. The number of anilines is 1. The molecule has 0 radical (unpaired) electrons. The predicted octanol–water partition coefficient (Wildman–Crippen LogP) is 4.18. The van der Waals surface area contributed by atoms with Crippen LogP contribution in [0.2, 0.25) is 0 Å². The minimum atomic E-state index is -0.401. The van der Waals surface area contributed by atoms with E-state index in [2.05, 4.69) is 25.3 Å². The lowest BCUT2D eigenvalue weighted by molar-refractivity contribution is 0.101. The van der Waals surface area contributed by atoms with Gasteiger partial charge in [0.1, 0.15) is 5.69 Å². The smallest absolute Gasteiger partial charge is 0.276 e. The third kappa shape index (κ3) is 3.71. The average molecular weight is 407 g/mol. The molecule has 1 amide bonds. The zero-order chi connectivity index (χ0) is 19.5. The van der Waals surface area contributed by atoms with Crippen molar-refractivity contribution in [1.29, 1.82) is 0 Å². The largest absolute Gasteiger partial charge is 0.296 e. The molecule has 1 N–H and O–H groups in total. The summed E-state index contributed by atoms with van der Waals surface area (Å²) < 4.78 is 0. The molecule has 7 nitrogen and oxygen atoms in total. The van der Waals surface area contributed by atoms with Gasteiger partial charge in [-0.3, -0.25) is 14.9 Å². The Labute approximate surface area is 168 Å². The minimum Gasteiger partial charge on any atom is -0.296 e. The van der Waals surface area contributed by atoms with Gasteiger partial charge in [0.25, 0.3) is 5.91 Å². The van der Waals surface area contributed by atoms with Gasteiger partial charge in [-0.15, -0.1) is 11.3 Å². The molecule has 28 heavy (non-hydrogen) atoms. The Morgan fingerprint density at radius 1 is 1.00 bits per heavy atom. The number of nitrogens with one attached hydrogen (secondary N) is 1. The highest BCUT2D eigenvalue weighted by molar-refractivity contribution is 7.18. The molecule has 0 fully saturated rings. The van der Waals surface area contributed by atoms with Gasteiger partial charge in [-0.05, 0) is 6.07 Å². The van der Waals surface area contributed by atoms with Gasteiger partial charge >= 0.3 is 0 Å². The van der Waals surface area contributed by atoms with Gasteiger partial charge < -0.3 is 0 Å². The van der Waals surface area contributed by atoms with Crippen LogP contribution in [0.3, 0.4) is 0 Å². The molecule has 0 saturated heterocycles. The summed E-state index contributed by atoms with van der Waals surface area (Å²) in [4.78, 5) is 42.1. The van der Waals surface area contributed by atoms with E-state index in [1.807, 2.05) is 30.3 Å². The Hall–Kier alpha value is -3.30. The lowest BCUT2D eigenvalue weighted by Crippen LogP contribution is -2.12. The molecule has 0 aliphatic heterocycles. The van der Waals surface area contributed by atoms with E-state index in [1.54, 1.807) is 23.8 Å². The second-order valence-electron chi connectivity index (χ2n) is 5.68. The summed E-state index contributed by atoms with van der Waals surface area (Å²) in [6.45, 7) is 1.48. The van der Waals surface area contributed by atoms with Crippen molar-refractivity contribution >= 4 is 39.5 Å². The second kappa shape index (κ2) is 7.75. The van der Waals surface area contributed by atoms with Gasteiger partial charge in [0.05, 0.1) is 10.6 Å². The third-order valence-corrected chi connectivity index (χ3v) is 5.62. The minimum absolute atomic E-state index is 0.103. The van der Waals surface area contributed by atoms with Crippen molar-refractivity contribution in [1.82, 2.24) is 19.9 Å². The summed E-state index contributed by atoms with van der Waals surface area (Å²) in [6.07, 6.45) is 3.24. The maximum atomic E-state index is 12.6. The van der Waals surface area contributed by atoms with Crippen LogP contribution in [0.15, 0.2) is 54.2 Å². The van der Waals surface area contributed by atoms with Crippen molar-refractivity contribution < 1.29 is 9.59 Å². The number of aromatic nitrogens is 4. The number of amides is 1. The predicted molar refractivity (Wildman–Crippen MR) is 109 cm³/mol. The lowest BCUT2D eigenvalue weighted by Gasteiger charge is -1.98. The van der Waals surface area contributed by atoms with E-state index in [0.29, 0.717) is 26.5 Å². The standard InChI is InChI=1S/C19H13N5O2S2/c1-11(25)15-14(12-6-3-2-4-7-12)23-19(28-15)24-17(26)13-10-27-18(22-13)16-20-8-5-9-21-16/h2-10H,1H3,(H,23,24,26). The molecular weight excluding hydrogens is 394 g/mol. The number of rotatable bonds is 5. The molecule has 4 aromatic rings. The van der Waals surface area contributed by atoms with Crippen LogP contribution in [0.5, 0.6) is 0 Å². The molecule has 0 aliphatic carbocycles. The molecule has 3 heterocycles. The number of hydrogen-bond donors (Lipinski definition) is 1. The molecule has 0 bridgehead atoms. The highest BCUT2D eigenvalue weighted by Crippen LogP contribution is 2.32. The molecule has 4 rings (SSSR count). The van der Waals surface area contributed by atoms with Crippen molar-refractivity contribution in [3.05, 3.63) is 64.7 Å². The molecule has 9 heteroatoms. The lowest BCUT2D eigenvalue weighted by atomic mass is 10.1. The average Bonchev–Trinajstić information content (AvgIpc) is 3.37. The van der Waals surface area contributed by atoms with Crippen LogP contribution in [0, 0.1) is 0 Å². The molecule has 0 saturated carbocycles. The number of benzene rings is 1. The van der Waals surface area contributed by atoms with Crippen molar-refractivity contribution in [2.45, 2.75) is 6.92 Å². The van der Waals surface area contributed by atoms with Crippen molar-refractivity contribution in [2.24, 2.45) is 0 Å². The monoisotopic (exact) mass is 407 g/mol. The van der Waals surface area contributed by atoms with E-state index in [4.69, 9.17) is 0 Å². The number of carbonyl (C=O) groups is 2. The highest BCUT2D eigenvalue weighted by atomic mass is 32.1. The van der Waals surface area contributed by atoms with E-state index in [9.17, 15) is 9.59 Å². The maximum Gasteiger partial charge on any atom is 0.276 e. The molecule has 0 unspecified atom stereocenters. The topological polar surface area (TPSA) is 97.7 Å². The van der Waals surface area contributed by atoms with Crippen LogP contribution >= 0.6 is 22.7 Å². The van der Waals surface area contributed by atoms with E-state index in [1.165, 1.54) is 18.3 Å². The zero-order valence-corrected chi connectivity index (χ0v) is 16.3. The first-order valence-corrected chi connectivity index (χ1v) is 9.93. The summed E-state index contributed by atoms with van der Waals surface area (Å²) in [5, 5.41) is 5.27. The molecule has 0 aliphatic rings. The molecule has 0 spiro atoms. The number of thiazole rings is 2. The van der Waals surface area contributed by atoms with E-state index >= 15 is 0 Å². The van der Waals surface area contributed by atoms with Crippen LogP contribution in [-0.4, -0.2) is 31.6 Å². The number of Topliss-reactive ketones (excluding diaryl/α,β-unsaturated/α-hetero) is 1. The SMILES string of the molecule is CC(=O)c1sc(NC(=O)c2csc(-c3ncccn3)n2)nc1-c1ccccc1. The Balaban J connectivity index is 1.59. The Bertz CT molecular complexity index is 1140. The van der Waals surface area contributed by atoms with E-state index < -0.39 is 5.91 Å². The normalized spacial score (nSPS) is 10.6. The van der Waals surface area contributed by atoms with E-state index in [-0.39, 0.29) is 11.5 Å². The number of ketones is 1. The summed E-state index contributed by atoms with van der Waals surface area (Å²) >= 11 is 2.43. The fourth-order valence-corrected chi connectivity index (χ4v) is 4.08. The molecule has 0 atom stereocenters. The van der Waals surface area contributed by atoms with Gasteiger partial charge in [0.2, 0.25) is 0 Å². The zero-order valence-electron chi connectivity index (χ0n) is 14.6. The third-order valence-electron chi connectivity index (χ3n) is 3.71. The first-order valence-electron chi connectivity index (χ1n) is 8.23. The van der Waals surface area contributed by atoms with Crippen molar-refractivity contribution in [3.8, 4) is 22.1 Å². The Morgan fingerprint density at radius 3 is 2.46 bits per heavy atom. The number of carbonyl (C=O) groups excluding carboxylic acids is 2. The first kappa shape index (κ1) is 18.1. The molecule has 138 valence electrons. The van der Waals surface area contributed by atoms with Crippen LogP contribution in [0.4, 0.5) is 5.13 Å². The van der Waals surface area contributed by atoms with Gasteiger partial charge in [-0.25, -0.2) is 19.9 Å².